The lowest BCUT2D eigenvalue weighted by molar-refractivity contribution is -0.190. The maximum atomic E-state index is 14.4. The summed E-state index contributed by atoms with van der Waals surface area (Å²) < 4.78 is 14.4. The number of amides is 1. The number of carbonyl (C=O) groups is 1. The number of halogens is 1. The van der Waals surface area contributed by atoms with Crippen LogP contribution in [0.3, 0.4) is 0 Å². The van der Waals surface area contributed by atoms with Crippen molar-refractivity contribution in [1.29, 1.82) is 0 Å². The summed E-state index contributed by atoms with van der Waals surface area (Å²) >= 11 is 0. The van der Waals surface area contributed by atoms with Crippen LogP contribution in [0.2, 0.25) is 0 Å². The summed E-state index contributed by atoms with van der Waals surface area (Å²) in [7, 11) is 0. The van der Waals surface area contributed by atoms with E-state index in [9.17, 15) is 14.3 Å². The van der Waals surface area contributed by atoms with E-state index in [2.05, 4.69) is 5.01 Å². The number of benzene rings is 2. The second-order valence-electron chi connectivity index (χ2n) is 10.3. The Morgan fingerprint density at radius 3 is 2.31 bits per heavy atom. The molecule has 4 bridgehead atoms. The number of anilines is 1. The standard InChI is InChI=1S/C24H27FN2O2/c1-23(2)22(28)26(21-15-9-14-10-16(21)13-24(29,11-14)12-15)27(23)20-8-7-19(25)17-5-3-4-6-18(17)20/h3-8,14-16,21,29H,9-13H2,1-2H3. The fraction of sp³-hybridized carbons (Fsp3) is 0.542. The molecule has 2 unspecified atom stereocenters. The molecular formula is C24H27FN2O2. The Bertz CT molecular complexity index is 1020. The number of fused-ring (bicyclic) bond motifs is 1. The van der Waals surface area contributed by atoms with Crippen LogP contribution in [0.25, 0.3) is 10.8 Å². The summed E-state index contributed by atoms with van der Waals surface area (Å²) in [6.07, 6.45) is 4.73. The molecule has 5 heteroatoms. The van der Waals surface area contributed by atoms with Gasteiger partial charge in [-0.25, -0.2) is 9.40 Å². The van der Waals surface area contributed by atoms with Gasteiger partial charge in [-0.2, -0.15) is 0 Å². The Kier molecular flexibility index (Phi) is 3.36. The predicted molar refractivity (Wildman–Crippen MR) is 110 cm³/mol. The maximum absolute atomic E-state index is 14.4. The van der Waals surface area contributed by atoms with Crippen LogP contribution < -0.4 is 5.01 Å². The van der Waals surface area contributed by atoms with Crippen molar-refractivity contribution < 1.29 is 14.3 Å². The van der Waals surface area contributed by atoms with Gasteiger partial charge in [-0.3, -0.25) is 9.80 Å². The number of hydrogen-bond donors (Lipinski definition) is 1. The van der Waals surface area contributed by atoms with Gasteiger partial charge in [-0.05, 0) is 75.8 Å². The van der Waals surface area contributed by atoms with E-state index in [1.807, 2.05) is 43.1 Å². The molecule has 5 aliphatic rings. The highest BCUT2D eigenvalue weighted by atomic mass is 19.1. The number of rotatable bonds is 2. The lowest BCUT2D eigenvalue weighted by Gasteiger charge is -2.67. The van der Waals surface area contributed by atoms with E-state index < -0.39 is 11.1 Å². The van der Waals surface area contributed by atoms with E-state index in [1.165, 1.54) is 6.07 Å². The minimum Gasteiger partial charge on any atom is -0.390 e. The zero-order valence-corrected chi connectivity index (χ0v) is 16.9. The van der Waals surface area contributed by atoms with Crippen molar-refractivity contribution in [3.8, 4) is 0 Å². The molecule has 7 rings (SSSR count). The summed E-state index contributed by atoms with van der Waals surface area (Å²) in [5.41, 5.74) is -0.296. The first-order valence-electron chi connectivity index (χ1n) is 10.8. The predicted octanol–water partition coefficient (Wildman–Crippen LogP) is 4.26. The third kappa shape index (κ3) is 2.25. The maximum Gasteiger partial charge on any atom is 0.268 e. The molecule has 0 spiro atoms. The third-order valence-electron chi connectivity index (χ3n) is 8.03. The Morgan fingerprint density at radius 1 is 1.00 bits per heavy atom. The van der Waals surface area contributed by atoms with Crippen LogP contribution in [0.15, 0.2) is 36.4 Å². The number of aliphatic hydroxyl groups is 1. The summed E-state index contributed by atoms with van der Waals surface area (Å²) in [4.78, 5) is 13.3. The van der Waals surface area contributed by atoms with Crippen LogP contribution in [0.5, 0.6) is 0 Å². The molecule has 1 heterocycles. The summed E-state index contributed by atoms with van der Waals surface area (Å²) in [6, 6.07) is 10.9. The first kappa shape index (κ1) is 17.7. The SMILES string of the molecule is CC1(C)C(=O)N(C2C3CC4CC2CC(O)(C4)C3)N1c1ccc(F)c2ccccc12. The molecule has 0 radical (unpaired) electrons. The van der Waals surface area contributed by atoms with Crippen molar-refractivity contribution in [2.45, 2.75) is 63.1 Å². The van der Waals surface area contributed by atoms with E-state index in [0.29, 0.717) is 23.1 Å². The van der Waals surface area contributed by atoms with Crippen LogP contribution in [0.4, 0.5) is 10.1 Å². The molecule has 1 aliphatic heterocycles. The minimum atomic E-state index is -0.661. The topological polar surface area (TPSA) is 43.8 Å². The first-order valence-corrected chi connectivity index (χ1v) is 10.8. The average molecular weight is 394 g/mol. The van der Waals surface area contributed by atoms with Gasteiger partial charge in [0, 0.05) is 10.8 Å². The summed E-state index contributed by atoms with van der Waals surface area (Å²) in [5, 5.41) is 16.4. The zero-order chi connectivity index (χ0) is 20.1. The van der Waals surface area contributed by atoms with Crippen molar-refractivity contribution in [1.82, 2.24) is 5.01 Å². The van der Waals surface area contributed by atoms with E-state index >= 15 is 0 Å². The molecule has 5 fully saturated rings. The van der Waals surface area contributed by atoms with Gasteiger partial charge in [0.2, 0.25) is 0 Å². The van der Waals surface area contributed by atoms with E-state index in [1.54, 1.807) is 6.07 Å². The second kappa shape index (κ2) is 5.51. The summed E-state index contributed by atoms with van der Waals surface area (Å²) in [6.45, 7) is 3.90. The molecule has 2 aromatic rings. The van der Waals surface area contributed by atoms with Gasteiger partial charge < -0.3 is 5.11 Å². The first-order chi connectivity index (χ1) is 13.8. The molecule has 4 aliphatic carbocycles. The Labute approximate surface area is 170 Å². The Balaban J connectivity index is 1.45. The molecule has 2 atom stereocenters. The van der Waals surface area contributed by atoms with Crippen LogP contribution >= 0.6 is 0 Å². The van der Waals surface area contributed by atoms with Crippen LogP contribution in [-0.2, 0) is 4.79 Å². The molecule has 1 saturated heterocycles. The lowest BCUT2D eigenvalue weighted by Crippen LogP contribution is -2.81. The van der Waals surface area contributed by atoms with Crippen molar-refractivity contribution in [2.75, 3.05) is 5.01 Å². The monoisotopic (exact) mass is 394 g/mol. The van der Waals surface area contributed by atoms with Crippen molar-refractivity contribution in [2.24, 2.45) is 17.8 Å². The smallest absolute Gasteiger partial charge is 0.268 e. The molecule has 152 valence electrons. The highest BCUT2D eigenvalue weighted by Gasteiger charge is 2.63. The van der Waals surface area contributed by atoms with E-state index in [4.69, 9.17) is 0 Å². The van der Waals surface area contributed by atoms with Gasteiger partial charge in [0.1, 0.15) is 11.4 Å². The molecule has 1 N–H and O–H groups in total. The van der Waals surface area contributed by atoms with Crippen LogP contribution in [0, 0.1) is 23.6 Å². The van der Waals surface area contributed by atoms with Gasteiger partial charge in [-0.1, -0.05) is 24.3 Å². The highest BCUT2D eigenvalue weighted by molar-refractivity contribution is 6.03. The fourth-order valence-electron chi connectivity index (χ4n) is 7.16. The van der Waals surface area contributed by atoms with Gasteiger partial charge in [-0.15, -0.1) is 0 Å². The van der Waals surface area contributed by atoms with E-state index in [0.717, 1.165) is 43.2 Å². The molecular weight excluding hydrogens is 367 g/mol. The molecule has 4 saturated carbocycles. The number of carbonyl (C=O) groups excluding carboxylic acids is 1. The Hall–Kier alpha value is -2.14. The second-order valence-corrected chi connectivity index (χ2v) is 10.3. The number of hydrazine groups is 1. The van der Waals surface area contributed by atoms with Crippen LogP contribution in [0.1, 0.15) is 46.0 Å². The molecule has 1 amide bonds. The van der Waals surface area contributed by atoms with Gasteiger partial charge in [0.15, 0.2) is 0 Å². The van der Waals surface area contributed by atoms with Crippen molar-refractivity contribution >= 4 is 22.4 Å². The third-order valence-corrected chi connectivity index (χ3v) is 8.03. The average Bonchev–Trinajstić information content (AvgIpc) is 2.67. The zero-order valence-electron chi connectivity index (χ0n) is 16.9. The highest BCUT2D eigenvalue weighted by Crippen LogP contribution is 2.59. The van der Waals surface area contributed by atoms with Gasteiger partial charge >= 0.3 is 0 Å². The molecule has 2 aromatic carbocycles. The lowest BCUT2D eigenvalue weighted by atomic mass is 9.52. The van der Waals surface area contributed by atoms with Crippen molar-refractivity contribution in [3.63, 3.8) is 0 Å². The fourth-order valence-corrected chi connectivity index (χ4v) is 7.16. The quantitative estimate of drug-likeness (QED) is 0.828. The summed E-state index contributed by atoms with van der Waals surface area (Å²) in [5.74, 6) is 1.19. The minimum absolute atomic E-state index is 0.135. The molecule has 0 aromatic heterocycles. The Morgan fingerprint density at radius 2 is 1.66 bits per heavy atom. The van der Waals surface area contributed by atoms with Crippen LogP contribution in [-0.4, -0.2) is 33.2 Å². The van der Waals surface area contributed by atoms with Gasteiger partial charge in [0.05, 0.1) is 17.3 Å². The largest absolute Gasteiger partial charge is 0.390 e. The molecule has 4 nitrogen and oxygen atoms in total. The van der Waals surface area contributed by atoms with Crippen molar-refractivity contribution in [3.05, 3.63) is 42.2 Å². The molecule has 29 heavy (non-hydrogen) atoms. The van der Waals surface area contributed by atoms with Gasteiger partial charge in [0.25, 0.3) is 5.91 Å². The number of hydrogen-bond acceptors (Lipinski definition) is 3. The van der Waals surface area contributed by atoms with E-state index in [-0.39, 0.29) is 17.8 Å². The normalized spacial score (nSPS) is 37.3. The number of nitrogens with zero attached hydrogens (tertiary/aromatic N) is 2.